The molecule has 0 saturated carbocycles. The number of aromatic nitrogens is 4. The molecule has 3 atom stereocenters. The molecular formula is C18H16N4O5. The number of fused-ring (bicyclic) bond motifs is 5. The van der Waals surface area contributed by atoms with Crippen LogP contribution < -0.4 is 11.4 Å². The smallest absolute Gasteiger partial charge is 0.351 e. The molecule has 9 heteroatoms. The normalized spacial score (nSPS) is 23.0. The summed E-state index contributed by atoms with van der Waals surface area (Å²) >= 11 is 0. The second kappa shape index (κ2) is 5.74. The van der Waals surface area contributed by atoms with E-state index in [1.807, 2.05) is 30.3 Å². The molecule has 27 heavy (non-hydrogen) atoms. The molecule has 1 saturated heterocycles. The van der Waals surface area contributed by atoms with Crippen molar-refractivity contribution >= 4 is 27.5 Å². The molecule has 1 fully saturated rings. The zero-order chi connectivity index (χ0) is 18.7. The van der Waals surface area contributed by atoms with Gasteiger partial charge in [-0.05, 0) is 12.1 Å². The summed E-state index contributed by atoms with van der Waals surface area (Å²) in [5.74, 6) is 0. The van der Waals surface area contributed by atoms with Gasteiger partial charge in [0.1, 0.15) is 12.3 Å². The van der Waals surface area contributed by atoms with Crippen LogP contribution in [0.1, 0.15) is 12.6 Å². The topological polar surface area (TPSA) is 122 Å². The maximum atomic E-state index is 12.5. The lowest BCUT2D eigenvalue weighted by Crippen LogP contribution is -2.29. The summed E-state index contributed by atoms with van der Waals surface area (Å²) in [5.41, 5.74) is 0.578. The van der Waals surface area contributed by atoms with Crippen molar-refractivity contribution in [2.75, 3.05) is 6.61 Å². The number of hydrogen-bond acceptors (Lipinski definition) is 6. The van der Waals surface area contributed by atoms with Crippen molar-refractivity contribution in [1.82, 2.24) is 18.9 Å². The summed E-state index contributed by atoms with van der Waals surface area (Å²) in [6.45, 7) is -0.338. The third kappa shape index (κ3) is 2.33. The van der Waals surface area contributed by atoms with Gasteiger partial charge in [0, 0.05) is 18.0 Å². The van der Waals surface area contributed by atoms with E-state index in [9.17, 15) is 19.8 Å². The molecular weight excluding hydrogens is 352 g/mol. The Bertz CT molecular complexity index is 1300. The van der Waals surface area contributed by atoms with E-state index in [2.05, 4.69) is 9.97 Å². The predicted molar refractivity (Wildman–Crippen MR) is 96.7 cm³/mol. The molecule has 0 aliphatic carbocycles. The standard InChI is InChI=1S/C18H16N4O5/c23-8-14-13(24)6-15(27-14)21-7-10-12-5-9-3-1-2-4-11(9)22(12)18(26)20-16(10)19-17(21)25/h1-5,7,13-15,23-24H,6,8H2,(H,19,20,25,26)/t13-,14+,15+/m0/s1. The first-order chi connectivity index (χ1) is 13.1. The minimum Gasteiger partial charge on any atom is -0.394 e. The molecule has 138 valence electrons. The number of benzene rings is 1. The molecule has 0 spiro atoms. The molecule has 1 aromatic carbocycles. The van der Waals surface area contributed by atoms with Gasteiger partial charge in [-0.15, -0.1) is 0 Å². The summed E-state index contributed by atoms with van der Waals surface area (Å²) in [5, 5.41) is 20.7. The van der Waals surface area contributed by atoms with Gasteiger partial charge in [-0.3, -0.25) is 14.0 Å². The SMILES string of the molecule is O=c1nc2[nH]c(=O)n3c4ccccc4cc3c2cn1[C@H]1C[C@H](O)[C@@H](CO)O1. The molecule has 9 nitrogen and oxygen atoms in total. The lowest BCUT2D eigenvalue weighted by atomic mass is 10.2. The van der Waals surface area contributed by atoms with Crippen LogP contribution in [-0.4, -0.2) is 48.0 Å². The van der Waals surface area contributed by atoms with E-state index in [0.717, 1.165) is 10.9 Å². The molecule has 0 amide bonds. The fourth-order valence-corrected chi connectivity index (χ4v) is 3.74. The van der Waals surface area contributed by atoms with E-state index in [0.29, 0.717) is 10.9 Å². The predicted octanol–water partition coefficient (Wildman–Crippen LogP) is 0.131. The van der Waals surface area contributed by atoms with E-state index in [4.69, 9.17) is 4.74 Å². The van der Waals surface area contributed by atoms with Crippen LogP contribution in [0.2, 0.25) is 0 Å². The van der Waals surface area contributed by atoms with E-state index >= 15 is 0 Å². The fraction of sp³-hybridized carbons (Fsp3) is 0.278. The molecule has 5 rings (SSSR count). The van der Waals surface area contributed by atoms with Crippen molar-refractivity contribution < 1.29 is 14.9 Å². The van der Waals surface area contributed by atoms with Crippen LogP contribution in [-0.2, 0) is 4.74 Å². The Hall–Kier alpha value is -3.01. The van der Waals surface area contributed by atoms with Gasteiger partial charge >= 0.3 is 11.4 Å². The summed E-state index contributed by atoms with van der Waals surface area (Å²) in [6.07, 6.45) is -0.608. The Morgan fingerprint density at radius 1 is 1.26 bits per heavy atom. The summed E-state index contributed by atoms with van der Waals surface area (Å²) in [4.78, 5) is 31.6. The number of rotatable bonds is 2. The van der Waals surface area contributed by atoms with Crippen molar-refractivity contribution in [1.29, 1.82) is 0 Å². The molecule has 0 bridgehead atoms. The van der Waals surface area contributed by atoms with Crippen molar-refractivity contribution in [3.8, 4) is 0 Å². The Labute approximate surface area is 151 Å². The summed E-state index contributed by atoms with van der Waals surface area (Å²) in [6, 6.07) is 9.34. The maximum Gasteiger partial charge on any atom is 0.351 e. The van der Waals surface area contributed by atoms with Crippen LogP contribution in [0, 0.1) is 0 Å². The van der Waals surface area contributed by atoms with Gasteiger partial charge in [-0.2, -0.15) is 4.98 Å². The summed E-state index contributed by atoms with van der Waals surface area (Å²) < 4.78 is 8.40. The quantitative estimate of drug-likeness (QED) is 0.462. The lowest BCUT2D eigenvalue weighted by molar-refractivity contribution is -0.0457. The van der Waals surface area contributed by atoms with E-state index in [-0.39, 0.29) is 24.4 Å². The minimum atomic E-state index is -0.867. The number of aromatic amines is 1. The number of aliphatic hydroxyl groups is 2. The van der Waals surface area contributed by atoms with Gasteiger partial charge in [0.25, 0.3) is 0 Å². The van der Waals surface area contributed by atoms with Gasteiger partial charge in [0.05, 0.1) is 29.1 Å². The lowest BCUT2D eigenvalue weighted by Gasteiger charge is -2.15. The third-order valence-electron chi connectivity index (χ3n) is 5.06. The first-order valence-electron chi connectivity index (χ1n) is 8.56. The van der Waals surface area contributed by atoms with Crippen LogP contribution >= 0.6 is 0 Å². The van der Waals surface area contributed by atoms with Crippen molar-refractivity contribution in [3.63, 3.8) is 0 Å². The number of H-pyrrole nitrogens is 1. The summed E-state index contributed by atoms with van der Waals surface area (Å²) in [7, 11) is 0. The number of aliphatic hydroxyl groups excluding tert-OH is 2. The zero-order valence-corrected chi connectivity index (χ0v) is 14.1. The van der Waals surface area contributed by atoms with Crippen molar-refractivity contribution in [2.24, 2.45) is 0 Å². The van der Waals surface area contributed by atoms with Gasteiger partial charge in [0.2, 0.25) is 0 Å². The average molecular weight is 368 g/mol. The van der Waals surface area contributed by atoms with E-state index in [1.54, 1.807) is 6.20 Å². The average Bonchev–Trinajstić information content (AvgIpc) is 3.22. The Morgan fingerprint density at radius 2 is 2.07 bits per heavy atom. The monoisotopic (exact) mass is 368 g/mol. The second-order valence-corrected chi connectivity index (χ2v) is 6.66. The minimum absolute atomic E-state index is 0.168. The van der Waals surface area contributed by atoms with Gasteiger partial charge in [-0.1, -0.05) is 18.2 Å². The molecule has 3 aromatic heterocycles. The van der Waals surface area contributed by atoms with Gasteiger partial charge in [0.15, 0.2) is 5.65 Å². The van der Waals surface area contributed by atoms with E-state index in [1.165, 1.54) is 8.97 Å². The largest absolute Gasteiger partial charge is 0.394 e. The Morgan fingerprint density at radius 3 is 2.85 bits per heavy atom. The van der Waals surface area contributed by atoms with Crippen molar-refractivity contribution in [2.45, 2.75) is 24.9 Å². The highest BCUT2D eigenvalue weighted by molar-refractivity contribution is 5.98. The van der Waals surface area contributed by atoms with Crippen LogP contribution in [0.15, 0.2) is 46.1 Å². The maximum absolute atomic E-state index is 12.5. The second-order valence-electron chi connectivity index (χ2n) is 6.66. The Kier molecular flexibility index (Phi) is 3.44. The van der Waals surface area contributed by atoms with Crippen LogP contribution in [0.25, 0.3) is 27.5 Å². The zero-order valence-electron chi connectivity index (χ0n) is 14.1. The van der Waals surface area contributed by atoms with Crippen LogP contribution in [0.4, 0.5) is 0 Å². The number of para-hydroxylation sites is 1. The first kappa shape index (κ1) is 16.2. The highest BCUT2D eigenvalue weighted by Crippen LogP contribution is 2.29. The molecule has 0 radical (unpaired) electrons. The molecule has 4 heterocycles. The number of nitrogens with one attached hydrogen (secondary N) is 1. The molecule has 1 aliphatic heterocycles. The van der Waals surface area contributed by atoms with Gasteiger partial charge in [-0.25, -0.2) is 9.59 Å². The number of nitrogens with zero attached hydrogens (tertiary/aromatic N) is 3. The first-order valence-corrected chi connectivity index (χ1v) is 8.56. The fourth-order valence-electron chi connectivity index (χ4n) is 3.74. The van der Waals surface area contributed by atoms with Gasteiger partial charge < -0.3 is 14.9 Å². The third-order valence-corrected chi connectivity index (χ3v) is 5.06. The Balaban J connectivity index is 1.79. The molecule has 3 N–H and O–H groups in total. The highest BCUT2D eigenvalue weighted by Gasteiger charge is 2.35. The molecule has 0 unspecified atom stereocenters. The van der Waals surface area contributed by atoms with E-state index < -0.39 is 24.1 Å². The van der Waals surface area contributed by atoms with Crippen LogP contribution in [0.3, 0.4) is 0 Å². The molecule has 4 aromatic rings. The number of ether oxygens (including phenoxy) is 1. The number of hydrogen-bond donors (Lipinski definition) is 3. The highest BCUT2D eigenvalue weighted by atomic mass is 16.5. The van der Waals surface area contributed by atoms with Crippen molar-refractivity contribution in [3.05, 3.63) is 57.5 Å². The van der Waals surface area contributed by atoms with Crippen LogP contribution in [0.5, 0.6) is 0 Å². The molecule has 1 aliphatic rings.